The van der Waals surface area contributed by atoms with Gasteiger partial charge in [-0.3, -0.25) is 10.2 Å². The molecular formula is C15H21N5O6S. The zero-order valence-corrected chi connectivity index (χ0v) is 15.1. The molecule has 2 rings (SSSR count). The number of hydrogen-bond acceptors (Lipinski definition) is 6. The Morgan fingerprint density at radius 3 is 2.52 bits per heavy atom. The first-order chi connectivity index (χ1) is 12.8. The largest absolute Gasteiger partial charge is 0.480 e. The predicted molar refractivity (Wildman–Crippen MR) is 93.6 cm³/mol. The molecule has 1 fully saturated rings. The van der Waals surface area contributed by atoms with Crippen molar-refractivity contribution in [1.29, 1.82) is 0 Å². The highest BCUT2D eigenvalue weighted by Gasteiger charge is 2.40. The van der Waals surface area contributed by atoms with E-state index in [-0.39, 0.29) is 17.9 Å². The van der Waals surface area contributed by atoms with Gasteiger partial charge in [0.25, 0.3) is 0 Å². The van der Waals surface area contributed by atoms with E-state index in [0.717, 1.165) is 4.31 Å². The minimum Gasteiger partial charge on any atom is -0.480 e. The Hall–Kier alpha value is -2.70. The number of sulfonamides is 1. The SMILES string of the molecule is NNC(=O)NCC(NC(=O)C1CCCN1S(=O)(=O)c1ccccc1)C(=O)O. The van der Waals surface area contributed by atoms with Crippen LogP contribution >= 0.6 is 0 Å². The van der Waals surface area contributed by atoms with Crippen LogP contribution in [-0.4, -0.2) is 60.9 Å². The second kappa shape index (κ2) is 8.79. The molecule has 12 heteroatoms. The van der Waals surface area contributed by atoms with Gasteiger partial charge in [-0.05, 0) is 25.0 Å². The fourth-order valence-corrected chi connectivity index (χ4v) is 4.41. The van der Waals surface area contributed by atoms with E-state index in [1.54, 1.807) is 23.6 Å². The van der Waals surface area contributed by atoms with Gasteiger partial charge in [0.2, 0.25) is 15.9 Å². The molecule has 0 radical (unpaired) electrons. The van der Waals surface area contributed by atoms with Crippen molar-refractivity contribution in [1.82, 2.24) is 20.4 Å². The van der Waals surface area contributed by atoms with Gasteiger partial charge in [-0.1, -0.05) is 18.2 Å². The van der Waals surface area contributed by atoms with Gasteiger partial charge in [-0.25, -0.2) is 23.8 Å². The number of urea groups is 1. The van der Waals surface area contributed by atoms with Crippen molar-refractivity contribution in [2.75, 3.05) is 13.1 Å². The molecule has 0 spiro atoms. The van der Waals surface area contributed by atoms with Crippen LogP contribution in [0.2, 0.25) is 0 Å². The van der Waals surface area contributed by atoms with Gasteiger partial charge in [0.1, 0.15) is 12.1 Å². The van der Waals surface area contributed by atoms with Crippen LogP contribution < -0.4 is 21.9 Å². The number of aliphatic carboxylic acids is 1. The molecule has 1 heterocycles. The lowest BCUT2D eigenvalue weighted by Crippen LogP contribution is -2.55. The molecule has 2 unspecified atom stereocenters. The van der Waals surface area contributed by atoms with Gasteiger partial charge in [0.15, 0.2) is 0 Å². The van der Waals surface area contributed by atoms with Crippen molar-refractivity contribution in [3.63, 3.8) is 0 Å². The van der Waals surface area contributed by atoms with Gasteiger partial charge >= 0.3 is 12.0 Å². The summed E-state index contributed by atoms with van der Waals surface area (Å²) in [6.07, 6.45) is 0.733. The smallest absolute Gasteiger partial charge is 0.328 e. The first-order valence-corrected chi connectivity index (χ1v) is 9.56. The van der Waals surface area contributed by atoms with Crippen LogP contribution in [0.3, 0.4) is 0 Å². The van der Waals surface area contributed by atoms with E-state index >= 15 is 0 Å². The number of hydrazine groups is 1. The van der Waals surface area contributed by atoms with E-state index < -0.39 is 46.6 Å². The van der Waals surface area contributed by atoms with Crippen molar-refractivity contribution in [2.45, 2.75) is 29.8 Å². The van der Waals surface area contributed by atoms with Crippen LogP contribution in [0.25, 0.3) is 0 Å². The predicted octanol–water partition coefficient (Wildman–Crippen LogP) is -1.42. The summed E-state index contributed by atoms with van der Waals surface area (Å²) in [7, 11) is -3.89. The summed E-state index contributed by atoms with van der Waals surface area (Å²) in [5.41, 5.74) is 1.77. The van der Waals surface area contributed by atoms with E-state index in [1.807, 2.05) is 0 Å². The van der Waals surface area contributed by atoms with Crippen LogP contribution in [0, 0.1) is 0 Å². The monoisotopic (exact) mass is 399 g/mol. The van der Waals surface area contributed by atoms with E-state index in [2.05, 4.69) is 10.6 Å². The summed E-state index contributed by atoms with van der Waals surface area (Å²) >= 11 is 0. The molecule has 0 aliphatic carbocycles. The third-order valence-electron chi connectivity index (χ3n) is 4.07. The number of carboxylic acid groups (broad SMARTS) is 1. The Bertz CT molecular complexity index is 800. The molecule has 0 aromatic heterocycles. The molecule has 148 valence electrons. The van der Waals surface area contributed by atoms with Gasteiger partial charge in [-0.15, -0.1) is 0 Å². The quantitative estimate of drug-likeness (QED) is 0.213. The first-order valence-electron chi connectivity index (χ1n) is 8.12. The van der Waals surface area contributed by atoms with Crippen molar-refractivity contribution in [2.24, 2.45) is 5.84 Å². The molecule has 1 saturated heterocycles. The summed E-state index contributed by atoms with van der Waals surface area (Å²) in [6.45, 7) is -0.261. The number of carbonyl (C=O) groups is 3. The average molecular weight is 399 g/mol. The van der Waals surface area contributed by atoms with Crippen molar-refractivity contribution in [3.05, 3.63) is 30.3 Å². The molecule has 3 amide bonds. The third-order valence-corrected chi connectivity index (χ3v) is 5.99. The molecule has 27 heavy (non-hydrogen) atoms. The van der Waals surface area contributed by atoms with Gasteiger partial charge in [0, 0.05) is 6.54 Å². The lowest BCUT2D eigenvalue weighted by atomic mass is 10.2. The lowest BCUT2D eigenvalue weighted by Gasteiger charge is -2.25. The molecule has 0 bridgehead atoms. The number of nitrogens with two attached hydrogens (primary N) is 1. The maximum Gasteiger partial charge on any atom is 0.328 e. The second-order valence-electron chi connectivity index (χ2n) is 5.84. The highest BCUT2D eigenvalue weighted by atomic mass is 32.2. The number of nitrogens with zero attached hydrogens (tertiary/aromatic N) is 1. The maximum atomic E-state index is 12.8. The fourth-order valence-electron chi connectivity index (χ4n) is 2.73. The number of nitrogens with one attached hydrogen (secondary N) is 3. The van der Waals surface area contributed by atoms with Crippen molar-refractivity contribution < 1.29 is 27.9 Å². The average Bonchev–Trinajstić information content (AvgIpc) is 3.16. The number of amides is 3. The molecule has 11 nitrogen and oxygen atoms in total. The van der Waals surface area contributed by atoms with Gasteiger partial charge in [-0.2, -0.15) is 4.31 Å². The molecule has 0 saturated carbocycles. The normalized spacial score (nSPS) is 18.5. The zero-order valence-electron chi connectivity index (χ0n) is 14.3. The summed E-state index contributed by atoms with van der Waals surface area (Å²) in [5, 5.41) is 13.6. The van der Waals surface area contributed by atoms with Gasteiger partial charge < -0.3 is 15.7 Å². The highest BCUT2D eigenvalue weighted by molar-refractivity contribution is 7.89. The fraction of sp³-hybridized carbons (Fsp3) is 0.400. The number of carbonyl (C=O) groups excluding carboxylic acids is 2. The van der Waals surface area contributed by atoms with E-state index in [9.17, 15) is 27.9 Å². The van der Waals surface area contributed by atoms with Crippen LogP contribution in [0.5, 0.6) is 0 Å². The van der Waals surface area contributed by atoms with Crippen LogP contribution in [-0.2, 0) is 19.6 Å². The van der Waals surface area contributed by atoms with Crippen LogP contribution in [0.15, 0.2) is 35.2 Å². The molecule has 1 aliphatic rings. The maximum absolute atomic E-state index is 12.8. The van der Waals surface area contributed by atoms with Crippen molar-refractivity contribution in [3.8, 4) is 0 Å². The van der Waals surface area contributed by atoms with E-state index in [4.69, 9.17) is 5.84 Å². The minimum atomic E-state index is -3.89. The van der Waals surface area contributed by atoms with Crippen molar-refractivity contribution >= 4 is 27.9 Å². The first kappa shape index (κ1) is 20.6. The number of benzene rings is 1. The van der Waals surface area contributed by atoms with E-state index in [0.29, 0.717) is 6.42 Å². The zero-order chi connectivity index (χ0) is 20.0. The molecular weight excluding hydrogens is 378 g/mol. The second-order valence-corrected chi connectivity index (χ2v) is 7.73. The Morgan fingerprint density at radius 1 is 1.26 bits per heavy atom. The van der Waals surface area contributed by atoms with Crippen LogP contribution in [0.4, 0.5) is 4.79 Å². The summed E-state index contributed by atoms with van der Waals surface area (Å²) in [5.74, 6) is 2.77. The van der Waals surface area contributed by atoms with E-state index in [1.165, 1.54) is 12.1 Å². The summed E-state index contributed by atoms with van der Waals surface area (Å²) in [4.78, 5) is 35.0. The molecule has 1 aliphatic heterocycles. The Morgan fingerprint density at radius 2 is 1.93 bits per heavy atom. The topological polar surface area (TPSA) is 171 Å². The standard InChI is InChI=1S/C15H21N5O6S/c16-19-15(24)17-9-11(14(22)23)18-13(21)12-7-4-8-20(12)27(25,26)10-5-2-1-3-6-10/h1-3,5-6,11-12H,4,7-9,16H2,(H,18,21)(H,22,23)(H2,17,19,24). The summed E-state index contributed by atoms with van der Waals surface area (Å²) < 4.78 is 26.6. The minimum absolute atomic E-state index is 0.0563. The highest BCUT2D eigenvalue weighted by Crippen LogP contribution is 2.26. The Kier molecular flexibility index (Phi) is 6.71. The Balaban J connectivity index is 2.12. The van der Waals surface area contributed by atoms with Gasteiger partial charge in [0.05, 0.1) is 11.4 Å². The molecule has 1 aromatic carbocycles. The number of hydrogen-bond donors (Lipinski definition) is 5. The third kappa shape index (κ3) is 4.93. The molecule has 6 N–H and O–H groups in total. The van der Waals surface area contributed by atoms with Crippen LogP contribution in [0.1, 0.15) is 12.8 Å². The number of rotatable bonds is 7. The Labute approximate surface area is 155 Å². The number of carboxylic acids is 1. The molecule has 1 aromatic rings. The lowest BCUT2D eigenvalue weighted by molar-refractivity contribution is -0.142. The summed E-state index contributed by atoms with van der Waals surface area (Å²) in [6, 6.07) is 4.41. The molecule has 2 atom stereocenters.